The zero-order valence-corrected chi connectivity index (χ0v) is 13.7. The molecule has 0 amide bonds. The van der Waals surface area contributed by atoms with Gasteiger partial charge in [-0.2, -0.15) is 0 Å². The van der Waals surface area contributed by atoms with Crippen molar-refractivity contribution in [2.24, 2.45) is 0 Å². The lowest BCUT2D eigenvalue weighted by molar-refractivity contribution is 0.360. The van der Waals surface area contributed by atoms with Crippen LogP contribution in [0.25, 0.3) is 11.1 Å². The number of para-hydroxylation sites is 2. The molecule has 1 heterocycles. The number of rotatable bonds is 1. The highest BCUT2D eigenvalue weighted by Crippen LogP contribution is 2.46. The standard InChI is InChI=1S/C18H10BrClO2/c19-14-10-12(20)6-7-13(14)11-5-8-17-18(9-11)22-16-4-2-1-3-15(16)21-17/h1-10H. The maximum atomic E-state index is 6.00. The first-order valence-corrected chi connectivity index (χ1v) is 7.92. The van der Waals surface area contributed by atoms with Crippen LogP contribution in [0.3, 0.4) is 0 Å². The quantitative estimate of drug-likeness (QED) is 0.371. The summed E-state index contributed by atoms with van der Waals surface area (Å²) in [7, 11) is 0. The van der Waals surface area contributed by atoms with Crippen LogP contribution in [0.15, 0.2) is 65.1 Å². The van der Waals surface area contributed by atoms with Crippen LogP contribution in [-0.4, -0.2) is 0 Å². The van der Waals surface area contributed by atoms with Gasteiger partial charge in [-0.1, -0.05) is 51.8 Å². The topological polar surface area (TPSA) is 18.5 Å². The molecule has 0 fully saturated rings. The second-order valence-corrected chi connectivity index (χ2v) is 6.23. The van der Waals surface area contributed by atoms with Crippen molar-refractivity contribution in [3.8, 4) is 34.1 Å². The Labute approximate surface area is 141 Å². The van der Waals surface area contributed by atoms with Crippen molar-refractivity contribution in [1.82, 2.24) is 0 Å². The van der Waals surface area contributed by atoms with Gasteiger partial charge in [-0.15, -0.1) is 0 Å². The molecule has 0 saturated carbocycles. The molecule has 22 heavy (non-hydrogen) atoms. The van der Waals surface area contributed by atoms with Gasteiger partial charge < -0.3 is 9.47 Å². The summed E-state index contributed by atoms with van der Waals surface area (Å²) >= 11 is 9.55. The highest BCUT2D eigenvalue weighted by Gasteiger charge is 2.19. The fraction of sp³-hybridized carbons (Fsp3) is 0. The van der Waals surface area contributed by atoms with Crippen molar-refractivity contribution in [2.45, 2.75) is 0 Å². The van der Waals surface area contributed by atoms with Crippen molar-refractivity contribution >= 4 is 27.5 Å². The molecule has 0 aromatic heterocycles. The Morgan fingerprint density at radius 1 is 0.727 bits per heavy atom. The van der Waals surface area contributed by atoms with E-state index >= 15 is 0 Å². The third kappa shape index (κ3) is 2.36. The first-order valence-electron chi connectivity index (χ1n) is 6.75. The largest absolute Gasteiger partial charge is 0.450 e. The molecule has 0 atom stereocenters. The van der Waals surface area contributed by atoms with Crippen molar-refractivity contribution < 1.29 is 9.47 Å². The summed E-state index contributed by atoms with van der Waals surface area (Å²) in [6.07, 6.45) is 0. The van der Waals surface area contributed by atoms with Crippen LogP contribution in [0.2, 0.25) is 5.02 Å². The van der Waals surface area contributed by atoms with E-state index in [2.05, 4.69) is 15.9 Å². The van der Waals surface area contributed by atoms with Gasteiger partial charge in [0.2, 0.25) is 0 Å². The van der Waals surface area contributed by atoms with E-state index in [-0.39, 0.29) is 0 Å². The number of halogens is 2. The van der Waals surface area contributed by atoms with Crippen molar-refractivity contribution in [3.63, 3.8) is 0 Å². The number of ether oxygens (including phenoxy) is 2. The second kappa shape index (κ2) is 5.34. The van der Waals surface area contributed by atoms with Gasteiger partial charge in [0, 0.05) is 9.50 Å². The normalized spacial score (nSPS) is 11.9. The Morgan fingerprint density at radius 2 is 1.41 bits per heavy atom. The van der Waals surface area contributed by atoms with E-state index in [1.165, 1.54) is 0 Å². The van der Waals surface area contributed by atoms with Crippen molar-refractivity contribution in [2.75, 3.05) is 0 Å². The Hall–Kier alpha value is -1.97. The van der Waals surface area contributed by atoms with E-state index in [4.69, 9.17) is 21.1 Å². The SMILES string of the molecule is Clc1ccc(-c2ccc3c(c2)Oc2ccccc2O3)c(Br)c1. The number of fused-ring (bicyclic) bond motifs is 2. The van der Waals surface area contributed by atoms with Crippen LogP contribution in [0, 0.1) is 0 Å². The maximum absolute atomic E-state index is 6.00. The molecule has 0 aliphatic carbocycles. The van der Waals surface area contributed by atoms with Gasteiger partial charge in [0.25, 0.3) is 0 Å². The summed E-state index contributed by atoms with van der Waals surface area (Å²) < 4.78 is 12.7. The summed E-state index contributed by atoms with van der Waals surface area (Å²) in [5, 5.41) is 0.696. The molecule has 1 aliphatic heterocycles. The smallest absolute Gasteiger partial charge is 0.170 e. The van der Waals surface area contributed by atoms with E-state index in [0.29, 0.717) is 16.5 Å². The van der Waals surface area contributed by atoms with Crippen LogP contribution in [0.1, 0.15) is 0 Å². The molecule has 0 radical (unpaired) electrons. The molecule has 1 aliphatic rings. The van der Waals surface area contributed by atoms with Gasteiger partial charge >= 0.3 is 0 Å². The Balaban J connectivity index is 1.77. The van der Waals surface area contributed by atoms with E-state index in [1.807, 2.05) is 60.7 Å². The lowest BCUT2D eigenvalue weighted by Crippen LogP contribution is -1.98. The van der Waals surface area contributed by atoms with Gasteiger partial charge in [0.15, 0.2) is 23.0 Å². The van der Waals surface area contributed by atoms with Crippen LogP contribution in [0.5, 0.6) is 23.0 Å². The van der Waals surface area contributed by atoms with Crippen LogP contribution >= 0.6 is 27.5 Å². The Morgan fingerprint density at radius 3 is 2.14 bits per heavy atom. The van der Waals surface area contributed by atoms with Crippen LogP contribution in [-0.2, 0) is 0 Å². The van der Waals surface area contributed by atoms with E-state index < -0.39 is 0 Å². The first-order chi connectivity index (χ1) is 10.7. The molecule has 2 nitrogen and oxygen atoms in total. The third-order valence-corrected chi connectivity index (χ3v) is 4.37. The van der Waals surface area contributed by atoms with Crippen LogP contribution < -0.4 is 9.47 Å². The zero-order valence-electron chi connectivity index (χ0n) is 11.3. The molecule has 4 rings (SSSR count). The minimum absolute atomic E-state index is 0.696. The minimum atomic E-state index is 0.696. The molecule has 0 spiro atoms. The van der Waals surface area contributed by atoms with Crippen LogP contribution in [0.4, 0.5) is 0 Å². The Bertz CT molecular complexity index is 877. The number of hydrogen-bond donors (Lipinski definition) is 0. The van der Waals surface area contributed by atoms with Gasteiger partial charge in [-0.3, -0.25) is 0 Å². The molecule has 0 unspecified atom stereocenters. The van der Waals surface area contributed by atoms with E-state index in [9.17, 15) is 0 Å². The van der Waals surface area contributed by atoms with E-state index in [1.54, 1.807) is 0 Å². The van der Waals surface area contributed by atoms with Crippen molar-refractivity contribution in [1.29, 1.82) is 0 Å². The summed E-state index contributed by atoms with van der Waals surface area (Å²) in [4.78, 5) is 0. The average Bonchev–Trinajstić information content (AvgIpc) is 2.52. The molecule has 0 bridgehead atoms. The third-order valence-electron chi connectivity index (χ3n) is 3.47. The second-order valence-electron chi connectivity index (χ2n) is 4.94. The number of benzene rings is 3. The fourth-order valence-electron chi connectivity index (χ4n) is 2.42. The van der Waals surface area contributed by atoms with Gasteiger partial charge in [-0.05, 0) is 47.5 Å². The predicted octanol–water partition coefficient (Wildman–Crippen LogP) is 6.67. The van der Waals surface area contributed by atoms with Gasteiger partial charge in [0.1, 0.15) is 0 Å². The monoisotopic (exact) mass is 372 g/mol. The summed E-state index contributed by atoms with van der Waals surface area (Å²) in [6, 6.07) is 19.2. The van der Waals surface area contributed by atoms with Crippen molar-refractivity contribution in [3.05, 3.63) is 70.2 Å². The summed E-state index contributed by atoms with van der Waals surface area (Å²) in [6.45, 7) is 0. The minimum Gasteiger partial charge on any atom is -0.450 e. The predicted molar refractivity (Wildman–Crippen MR) is 91.2 cm³/mol. The lowest BCUT2D eigenvalue weighted by atomic mass is 10.0. The fourth-order valence-corrected chi connectivity index (χ4v) is 3.33. The van der Waals surface area contributed by atoms with Gasteiger partial charge in [-0.25, -0.2) is 0 Å². The molecular weight excluding hydrogens is 364 g/mol. The average molecular weight is 374 g/mol. The lowest BCUT2D eigenvalue weighted by Gasteiger charge is -2.21. The molecular formula is C18H10BrClO2. The van der Waals surface area contributed by atoms with Gasteiger partial charge in [0.05, 0.1) is 0 Å². The molecule has 4 heteroatoms. The summed E-state index contributed by atoms with van der Waals surface area (Å²) in [5.41, 5.74) is 2.08. The molecule has 0 saturated heterocycles. The molecule has 3 aromatic carbocycles. The van der Waals surface area contributed by atoms with E-state index in [0.717, 1.165) is 27.1 Å². The highest BCUT2D eigenvalue weighted by molar-refractivity contribution is 9.10. The first kappa shape index (κ1) is 13.7. The molecule has 108 valence electrons. The summed E-state index contributed by atoms with van der Waals surface area (Å²) in [5.74, 6) is 2.88. The molecule has 0 N–H and O–H groups in total. The highest BCUT2D eigenvalue weighted by atomic mass is 79.9. The number of hydrogen-bond acceptors (Lipinski definition) is 2. The maximum Gasteiger partial charge on any atom is 0.170 e. The Kier molecular flexibility index (Phi) is 3.32. The molecule has 3 aromatic rings. The zero-order chi connectivity index (χ0) is 15.1.